The molecule has 3 aliphatic rings. The molecule has 0 bridgehead atoms. The molecule has 0 aromatic heterocycles. The van der Waals surface area contributed by atoms with E-state index in [1.807, 2.05) is 6.07 Å². The fourth-order valence-corrected chi connectivity index (χ4v) is 5.34. The van der Waals surface area contributed by atoms with Crippen LogP contribution in [0.5, 0.6) is 0 Å². The Hall–Kier alpha value is -0.950. The van der Waals surface area contributed by atoms with Crippen molar-refractivity contribution in [3.8, 4) is 0 Å². The van der Waals surface area contributed by atoms with Crippen LogP contribution in [0, 0.1) is 5.92 Å². The number of likely N-dealkylation sites (tertiary alicyclic amines) is 1. The fourth-order valence-electron chi connectivity index (χ4n) is 4.05. The van der Waals surface area contributed by atoms with Gasteiger partial charge in [-0.3, -0.25) is 0 Å². The Morgan fingerprint density at radius 1 is 1.21 bits per heavy atom. The van der Waals surface area contributed by atoms with Gasteiger partial charge in [-0.1, -0.05) is 18.2 Å². The summed E-state index contributed by atoms with van der Waals surface area (Å²) in [4.78, 5) is 2.85. The van der Waals surface area contributed by atoms with E-state index in [1.54, 1.807) is 24.3 Å². The monoisotopic (exact) mass is 350 g/mol. The number of nitrogens with one attached hydrogen (secondary N) is 1. The molecule has 1 aromatic rings. The Morgan fingerprint density at radius 3 is 2.75 bits per heavy atom. The minimum absolute atomic E-state index is 0.0372. The zero-order chi connectivity index (χ0) is 16.6. The molecule has 1 aliphatic carbocycles. The first-order valence-corrected chi connectivity index (χ1v) is 10.5. The molecule has 5 nitrogen and oxygen atoms in total. The van der Waals surface area contributed by atoms with Crippen molar-refractivity contribution >= 4 is 10.0 Å². The summed E-state index contributed by atoms with van der Waals surface area (Å²) in [5.74, 6) is 0.885. The van der Waals surface area contributed by atoms with Crippen molar-refractivity contribution in [3.63, 3.8) is 0 Å². The van der Waals surface area contributed by atoms with Gasteiger partial charge >= 0.3 is 0 Å². The van der Waals surface area contributed by atoms with Gasteiger partial charge in [0.25, 0.3) is 0 Å². The van der Waals surface area contributed by atoms with Crippen molar-refractivity contribution < 1.29 is 13.2 Å². The molecule has 0 amide bonds. The number of hydrogen-bond donors (Lipinski definition) is 1. The van der Waals surface area contributed by atoms with E-state index in [1.165, 1.54) is 19.4 Å². The van der Waals surface area contributed by atoms with E-state index in [9.17, 15) is 8.42 Å². The standard InChI is InChI=1S/C18H26N2O3S/c21-24(22,17-4-2-1-3-5-17)19-16-8-11-23-18(12-16)9-10-20(14-18)13-15-6-7-15/h1-5,15-16,19H,6-14H2/t16-,18-/m1/s1. The van der Waals surface area contributed by atoms with E-state index < -0.39 is 10.0 Å². The summed E-state index contributed by atoms with van der Waals surface area (Å²) in [5, 5.41) is 0. The first-order chi connectivity index (χ1) is 11.5. The summed E-state index contributed by atoms with van der Waals surface area (Å²) in [5.41, 5.74) is -0.156. The summed E-state index contributed by atoms with van der Waals surface area (Å²) in [6.07, 6.45) is 5.27. The number of benzene rings is 1. The van der Waals surface area contributed by atoms with Crippen LogP contribution in [0.1, 0.15) is 32.1 Å². The second-order valence-corrected chi connectivity index (χ2v) is 9.30. The lowest BCUT2D eigenvalue weighted by molar-refractivity contribution is -0.0777. The molecular weight excluding hydrogens is 324 g/mol. The first kappa shape index (κ1) is 16.5. The molecule has 2 aliphatic heterocycles. The van der Waals surface area contributed by atoms with E-state index in [0.29, 0.717) is 11.5 Å². The van der Waals surface area contributed by atoms with E-state index >= 15 is 0 Å². The molecular formula is C18H26N2O3S. The van der Waals surface area contributed by atoms with E-state index in [0.717, 1.165) is 38.3 Å². The molecule has 24 heavy (non-hydrogen) atoms. The number of ether oxygens (including phenoxy) is 1. The molecule has 2 atom stereocenters. The maximum Gasteiger partial charge on any atom is 0.240 e. The highest BCUT2D eigenvalue weighted by Gasteiger charge is 2.44. The van der Waals surface area contributed by atoms with Crippen molar-refractivity contribution in [3.05, 3.63) is 30.3 Å². The normalized spacial score (nSPS) is 31.6. The summed E-state index contributed by atoms with van der Waals surface area (Å²) in [7, 11) is -3.45. The Bertz CT molecular complexity index is 675. The van der Waals surface area contributed by atoms with Gasteiger partial charge in [0.1, 0.15) is 0 Å². The van der Waals surface area contributed by atoms with Gasteiger partial charge in [-0.25, -0.2) is 13.1 Å². The van der Waals surface area contributed by atoms with E-state index in [2.05, 4.69) is 9.62 Å². The van der Waals surface area contributed by atoms with Crippen molar-refractivity contribution in [2.45, 2.75) is 48.6 Å². The molecule has 6 heteroatoms. The van der Waals surface area contributed by atoms with Crippen LogP contribution in [0.25, 0.3) is 0 Å². The Balaban J connectivity index is 1.40. The second kappa shape index (κ2) is 6.41. The van der Waals surface area contributed by atoms with E-state index in [-0.39, 0.29) is 11.6 Å². The molecule has 132 valence electrons. The highest BCUT2D eigenvalue weighted by molar-refractivity contribution is 7.89. The first-order valence-electron chi connectivity index (χ1n) is 8.98. The smallest absolute Gasteiger partial charge is 0.240 e. The predicted molar refractivity (Wildman–Crippen MR) is 92.2 cm³/mol. The molecule has 0 unspecified atom stereocenters. The van der Waals surface area contributed by atoms with Crippen LogP contribution in [0.4, 0.5) is 0 Å². The van der Waals surface area contributed by atoms with Crippen molar-refractivity contribution in [2.75, 3.05) is 26.2 Å². The molecule has 4 rings (SSSR count). The maximum atomic E-state index is 12.6. The number of sulfonamides is 1. The lowest BCUT2D eigenvalue weighted by Gasteiger charge is -2.38. The van der Waals surface area contributed by atoms with E-state index in [4.69, 9.17) is 4.74 Å². The van der Waals surface area contributed by atoms with Gasteiger partial charge in [0.15, 0.2) is 0 Å². The van der Waals surface area contributed by atoms with Gasteiger partial charge in [0, 0.05) is 32.3 Å². The zero-order valence-electron chi connectivity index (χ0n) is 14.0. The average molecular weight is 350 g/mol. The molecule has 2 heterocycles. The van der Waals surface area contributed by atoms with Crippen LogP contribution in [-0.2, 0) is 14.8 Å². The summed E-state index contributed by atoms with van der Waals surface area (Å²) < 4.78 is 34.2. The lowest BCUT2D eigenvalue weighted by atomic mass is 9.90. The zero-order valence-corrected chi connectivity index (χ0v) is 14.8. The molecule has 1 aromatic carbocycles. The summed E-state index contributed by atoms with van der Waals surface area (Å²) in [6, 6.07) is 8.59. The van der Waals surface area contributed by atoms with Gasteiger partial charge in [-0.2, -0.15) is 0 Å². The van der Waals surface area contributed by atoms with Gasteiger partial charge in [-0.15, -0.1) is 0 Å². The second-order valence-electron chi connectivity index (χ2n) is 7.58. The highest BCUT2D eigenvalue weighted by Crippen LogP contribution is 2.37. The van der Waals surface area contributed by atoms with Crippen LogP contribution in [0.15, 0.2) is 35.2 Å². The quantitative estimate of drug-likeness (QED) is 0.882. The van der Waals surface area contributed by atoms with Crippen LogP contribution < -0.4 is 4.72 Å². The van der Waals surface area contributed by atoms with Crippen molar-refractivity contribution in [1.82, 2.24) is 9.62 Å². The van der Waals surface area contributed by atoms with Crippen molar-refractivity contribution in [1.29, 1.82) is 0 Å². The number of rotatable bonds is 5. The minimum atomic E-state index is -3.45. The SMILES string of the molecule is O=S(=O)(N[C@@H]1CCO[C@]2(CCN(CC3CC3)C2)C1)c1ccccc1. The Labute approximate surface area is 144 Å². The molecule has 3 fully saturated rings. The molecule has 1 spiro atoms. The predicted octanol–water partition coefficient (Wildman–Crippen LogP) is 2.00. The minimum Gasteiger partial charge on any atom is -0.373 e. The van der Waals surface area contributed by atoms with Crippen LogP contribution in [-0.4, -0.2) is 51.2 Å². The average Bonchev–Trinajstić information content (AvgIpc) is 3.30. The third-order valence-corrected chi connectivity index (χ3v) is 7.01. The van der Waals surface area contributed by atoms with Gasteiger partial charge in [-0.05, 0) is 50.2 Å². The van der Waals surface area contributed by atoms with Crippen LogP contribution in [0.3, 0.4) is 0 Å². The highest BCUT2D eigenvalue weighted by atomic mass is 32.2. The topological polar surface area (TPSA) is 58.6 Å². The number of hydrogen-bond acceptors (Lipinski definition) is 4. The largest absolute Gasteiger partial charge is 0.373 e. The Morgan fingerprint density at radius 2 is 2.00 bits per heavy atom. The van der Waals surface area contributed by atoms with Crippen LogP contribution in [0.2, 0.25) is 0 Å². The molecule has 1 N–H and O–H groups in total. The van der Waals surface area contributed by atoms with Gasteiger partial charge in [0.2, 0.25) is 10.0 Å². The maximum absolute atomic E-state index is 12.6. The van der Waals surface area contributed by atoms with Gasteiger partial charge < -0.3 is 9.64 Å². The third kappa shape index (κ3) is 3.67. The Kier molecular flexibility index (Phi) is 4.41. The summed E-state index contributed by atoms with van der Waals surface area (Å²) in [6.45, 7) is 3.85. The molecule has 0 radical (unpaired) electrons. The van der Waals surface area contributed by atoms with Crippen molar-refractivity contribution in [2.24, 2.45) is 5.92 Å². The lowest BCUT2D eigenvalue weighted by Crippen LogP contribution is -2.49. The van der Waals surface area contributed by atoms with Crippen LogP contribution >= 0.6 is 0 Å². The molecule has 2 saturated heterocycles. The summed E-state index contributed by atoms with van der Waals surface area (Å²) >= 11 is 0. The third-order valence-electron chi connectivity index (χ3n) is 5.48. The molecule has 1 saturated carbocycles. The number of nitrogens with zero attached hydrogens (tertiary/aromatic N) is 1. The van der Waals surface area contributed by atoms with Gasteiger partial charge in [0.05, 0.1) is 10.5 Å². The fraction of sp³-hybridized carbons (Fsp3) is 0.667.